The van der Waals surface area contributed by atoms with Gasteiger partial charge in [-0.1, -0.05) is 12.1 Å². The molecule has 18 heteroatoms. The Morgan fingerprint density at radius 1 is 0.800 bits per heavy atom. The van der Waals surface area contributed by atoms with Crippen LogP contribution in [0.1, 0.15) is 12.5 Å². The summed E-state index contributed by atoms with van der Waals surface area (Å²) in [5.74, 6) is -3.24. The molecule has 0 radical (unpaired) electrons. The SMILES string of the molecule is COc1cc(-c2oc3cc(O)cc(O)c3c(=O)c2O[C@@H]2O[C@@H](C)[C@H](O)[C@@H](O)[C@H]2O[C@@H]2O[C@H](COC(=O)/C=C/c3ccc(O)cc3)[C@H](O)[C@H](O)[C@H]2O)ccc1O. The molecule has 0 saturated carbocycles. The number of benzene rings is 3. The number of hydrogen-bond donors (Lipinski definition) is 9. The van der Waals surface area contributed by atoms with E-state index in [0.29, 0.717) is 5.56 Å². The first-order chi connectivity index (χ1) is 26.2. The molecule has 0 bridgehead atoms. The molecule has 4 aromatic rings. The Hall–Kier alpha value is -5.44. The van der Waals surface area contributed by atoms with Crippen molar-refractivity contribution in [2.24, 2.45) is 0 Å². The zero-order valence-corrected chi connectivity index (χ0v) is 29.0. The lowest BCUT2D eigenvalue weighted by Gasteiger charge is -2.45. The molecule has 6 rings (SSSR count). The van der Waals surface area contributed by atoms with E-state index in [4.69, 9.17) is 32.8 Å². The van der Waals surface area contributed by atoms with Crippen LogP contribution in [0, 0.1) is 0 Å². The van der Waals surface area contributed by atoms with Crippen LogP contribution in [-0.4, -0.2) is 127 Å². The topological polar surface area (TPSA) is 285 Å². The second kappa shape index (κ2) is 16.1. The van der Waals surface area contributed by atoms with Crippen LogP contribution in [0.2, 0.25) is 0 Å². The highest BCUT2D eigenvalue weighted by Gasteiger charge is 2.51. The Bertz CT molecular complexity index is 2100. The normalized spacial score (nSPS) is 28.3. The third-order valence-electron chi connectivity index (χ3n) is 9.03. The molecule has 0 aliphatic carbocycles. The first-order valence-corrected chi connectivity index (χ1v) is 16.7. The maximum Gasteiger partial charge on any atom is 0.330 e. The predicted molar refractivity (Wildman–Crippen MR) is 186 cm³/mol. The van der Waals surface area contributed by atoms with Crippen LogP contribution in [0.15, 0.2) is 69.9 Å². The van der Waals surface area contributed by atoms with Crippen molar-refractivity contribution in [1.29, 1.82) is 0 Å². The highest BCUT2D eigenvalue weighted by Crippen LogP contribution is 2.40. The lowest BCUT2D eigenvalue weighted by Crippen LogP contribution is -2.64. The van der Waals surface area contributed by atoms with Crippen molar-refractivity contribution >= 4 is 23.0 Å². The maximum absolute atomic E-state index is 14.0. The second-order valence-corrected chi connectivity index (χ2v) is 12.8. The van der Waals surface area contributed by atoms with Gasteiger partial charge in [-0.3, -0.25) is 4.79 Å². The van der Waals surface area contributed by atoms with Gasteiger partial charge in [0.05, 0.1) is 13.2 Å². The van der Waals surface area contributed by atoms with Crippen LogP contribution < -0.4 is 14.9 Å². The molecule has 2 saturated heterocycles. The number of phenols is 4. The molecule has 0 amide bonds. The van der Waals surface area contributed by atoms with E-state index in [0.717, 1.165) is 18.2 Å². The van der Waals surface area contributed by atoms with E-state index in [1.165, 1.54) is 50.4 Å². The van der Waals surface area contributed by atoms with Crippen molar-refractivity contribution in [2.75, 3.05) is 13.7 Å². The largest absolute Gasteiger partial charge is 0.508 e. The Morgan fingerprint density at radius 3 is 2.24 bits per heavy atom. The molecule has 2 aliphatic heterocycles. The number of esters is 1. The molecule has 0 unspecified atom stereocenters. The monoisotopic (exact) mass is 770 g/mol. The molecular weight excluding hydrogens is 732 g/mol. The minimum Gasteiger partial charge on any atom is -0.508 e. The van der Waals surface area contributed by atoms with Gasteiger partial charge >= 0.3 is 5.97 Å². The van der Waals surface area contributed by atoms with Crippen molar-refractivity contribution in [1.82, 2.24) is 0 Å². The predicted octanol–water partition coefficient (Wildman–Crippen LogP) is 0.586. The van der Waals surface area contributed by atoms with E-state index < -0.39 is 102 Å². The number of ether oxygens (including phenoxy) is 6. The van der Waals surface area contributed by atoms with Crippen molar-refractivity contribution < 1.29 is 83.6 Å². The number of rotatable bonds is 10. The third-order valence-corrected chi connectivity index (χ3v) is 9.03. The number of hydrogen-bond acceptors (Lipinski definition) is 18. The number of carbonyl (C=O) groups is 1. The van der Waals surface area contributed by atoms with Gasteiger partial charge in [-0.05, 0) is 48.9 Å². The summed E-state index contributed by atoms with van der Waals surface area (Å²) in [5.41, 5.74) is -0.617. The molecule has 0 spiro atoms. The van der Waals surface area contributed by atoms with Crippen LogP contribution in [0.5, 0.6) is 34.5 Å². The van der Waals surface area contributed by atoms with E-state index in [2.05, 4.69) is 0 Å². The molecule has 3 heterocycles. The van der Waals surface area contributed by atoms with Crippen LogP contribution in [0.4, 0.5) is 0 Å². The summed E-state index contributed by atoms with van der Waals surface area (Å²) >= 11 is 0. The van der Waals surface area contributed by atoms with E-state index in [9.17, 15) is 55.5 Å². The van der Waals surface area contributed by atoms with Crippen LogP contribution in [-0.2, 0) is 23.7 Å². The molecule has 10 atom stereocenters. The summed E-state index contributed by atoms with van der Waals surface area (Å²) in [6.45, 7) is 0.722. The summed E-state index contributed by atoms with van der Waals surface area (Å²) < 4.78 is 39.6. The van der Waals surface area contributed by atoms with Crippen molar-refractivity contribution in [3.05, 3.63) is 76.5 Å². The van der Waals surface area contributed by atoms with Gasteiger partial charge in [0.1, 0.15) is 71.4 Å². The average molecular weight is 771 g/mol. The lowest BCUT2D eigenvalue weighted by atomic mass is 9.97. The van der Waals surface area contributed by atoms with Crippen molar-refractivity contribution in [2.45, 2.75) is 68.3 Å². The number of aliphatic hydroxyl groups is 5. The molecule has 3 aromatic carbocycles. The summed E-state index contributed by atoms with van der Waals surface area (Å²) in [7, 11) is 1.28. The van der Waals surface area contributed by atoms with Crippen LogP contribution in [0.25, 0.3) is 28.4 Å². The number of phenolic OH excluding ortho intramolecular Hbond substituents is 4. The number of carbonyl (C=O) groups excluding carboxylic acids is 1. The number of methoxy groups -OCH3 is 1. The zero-order chi connectivity index (χ0) is 39.7. The van der Waals surface area contributed by atoms with Crippen molar-refractivity contribution in [3.8, 4) is 45.8 Å². The standard InChI is InChI=1S/C37H38O18/c1-15-27(43)31(47)35(55-36-32(48)30(46)28(44)24(53-36)14-50-25(42)10-5-16-3-7-18(38)8-4-16)37(51-15)54-34-29(45)26-21(41)12-19(39)13-23(26)52-33(34)17-6-9-20(40)22(11-17)49-2/h3-13,15,24,27-28,30-32,35-41,43-44,46-48H,14H2,1-2H3/b10-5+/t15-,24+,27-,28-,30-,31+,32+,35+,36-,37-/m0/s1. The van der Waals surface area contributed by atoms with Gasteiger partial charge in [-0.25, -0.2) is 4.79 Å². The fourth-order valence-corrected chi connectivity index (χ4v) is 6.03. The summed E-state index contributed by atoms with van der Waals surface area (Å²) in [6, 6.07) is 11.7. The molecule has 1 aromatic heterocycles. The van der Waals surface area contributed by atoms with E-state index in [-0.39, 0.29) is 34.2 Å². The molecule has 55 heavy (non-hydrogen) atoms. The summed E-state index contributed by atoms with van der Waals surface area (Å²) in [4.78, 5) is 26.4. The maximum atomic E-state index is 14.0. The quantitative estimate of drug-likeness (QED) is 0.0788. The molecule has 294 valence electrons. The lowest BCUT2D eigenvalue weighted by molar-refractivity contribution is -0.355. The third kappa shape index (κ3) is 8.16. The number of aliphatic hydroxyl groups excluding tert-OH is 5. The Labute approximate surface area is 310 Å². The highest BCUT2D eigenvalue weighted by atomic mass is 16.8. The van der Waals surface area contributed by atoms with Gasteiger partial charge in [0.2, 0.25) is 17.5 Å². The number of aromatic hydroxyl groups is 4. The van der Waals surface area contributed by atoms with E-state index >= 15 is 0 Å². The minimum atomic E-state index is -1.99. The van der Waals surface area contributed by atoms with Gasteiger partial charge in [0.15, 0.2) is 29.7 Å². The summed E-state index contributed by atoms with van der Waals surface area (Å²) in [5, 5.41) is 94.1. The molecule has 9 N–H and O–H groups in total. The zero-order valence-electron chi connectivity index (χ0n) is 29.0. The second-order valence-electron chi connectivity index (χ2n) is 12.8. The van der Waals surface area contributed by atoms with E-state index in [1.54, 1.807) is 12.1 Å². The fraction of sp³-hybridized carbons (Fsp3) is 0.351. The first kappa shape index (κ1) is 39.3. The minimum absolute atomic E-state index is 0.0244. The number of fused-ring (bicyclic) bond motifs is 1. The van der Waals surface area contributed by atoms with Crippen molar-refractivity contribution in [3.63, 3.8) is 0 Å². The first-order valence-electron chi connectivity index (χ1n) is 16.7. The highest BCUT2D eigenvalue weighted by molar-refractivity contribution is 5.88. The van der Waals surface area contributed by atoms with Gasteiger partial charge in [-0.2, -0.15) is 0 Å². The Kier molecular flexibility index (Phi) is 11.5. The average Bonchev–Trinajstić information content (AvgIpc) is 3.15. The van der Waals surface area contributed by atoms with E-state index in [1.807, 2.05) is 0 Å². The molecule has 2 aliphatic rings. The molecule has 2 fully saturated rings. The molecular formula is C37H38O18. The Morgan fingerprint density at radius 2 is 1.53 bits per heavy atom. The van der Waals surface area contributed by atoms with Gasteiger partial charge < -0.3 is 78.8 Å². The fourth-order valence-electron chi connectivity index (χ4n) is 6.03. The molecule has 18 nitrogen and oxygen atoms in total. The van der Waals surface area contributed by atoms with Gasteiger partial charge in [-0.15, -0.1) is 0 Å². The van der Waals surface area contributed by atoms with Crippen LogP contribution >= 0.6 is 0 Å². The smallest absolute Gasteiger partial charge is 0.330 e. The summed E-state index contributed by atoms with van der Waals surface area (Å²) in [6.07, 6.45) is -15.0. The van der Waals surface area contributed by atoms with Gasteiger partial charge in [0.25, 0.3) is 0 Å². The van der Waals surface area contributed by atoms with Gasteiger partial charge in [0, 0.05) is 23.8 Å². The van der Waals surface area contributed by atoms with Crippen LogP contribution in [0.3, 0.4) is 0 Å². The Balaban J connectivity index is 1.29.